The van der Waals surface area contributed by atoms with Crippen molar-refractivity contribution in [3.8, 4) is 0 Å². The Bertz CT molecular complexity index is 3.25. The fraction of sp³-hybridized carbons (Fsp3) is 0. The van der Waals surface area contributed by atoms with E-state index in [2.05, 4.69) is 0 Å². The molecule has 0 fully saturated rings. The van der Waals surface area contributed by atoms with Crippen molar-refractivity contribution in [2.45, 2.75) is 0 Å². The smallest absolute Gasteiger partial charge is 0 e. The van der Waals surface area contributed by atoms with Crippen molar-refractivity contribution in [1.29, 1.82) is 0 Å². The van der Waals surface area contributed by atoms with Crippen LogP contribution in [0.4, 0.5) is 0 Å². The molecule has 0 amide bonds. The van der Waals surface area contributed by atoms with Crippen molar-refractivity contribution in [1.82, 2.24) is 0 Å². The van der Waals surface area contributed by atoms with Crippen LogP contribution in [-0.2, 0) is 17.1 Å². The Balaban J connectivity index is 0. The van der Waals surface area contributed by atoms with Gasteiger partial charge in [0, 0.05) is 17.1 Å². The third-order valence-corrected chi connectivity index (χ3v) is 0. The molecule has 0 aromatic rings. The molecule has 0 aliphatic rings. The first kappa shape index (κ1) is 35.7. The molecule has 0 saturated heterocycles. The van der Waals surface area contributed by atoms with Gasteiger partial charge in [-0.3, -0.25) is 0 Å². The van der Waals surface area contributed by atoms with Gasteiger partial charge in [0.2, 0.25) is 0 Å². The van der Waals surface area contributed by atoms with Crippen molar-refractivity contribution >= 4 is 52.1 Å². The van der Waals surface area contributed by atoms with Crippen molar-refractivity contribution in [3.05, 3.63) is 0 Å². The van der Waals surface area contributed by atoms with Crippen LogP contribution in [0.1, 0.15) is 0 Å². The molecule has 25 valence electrons. The second-order valence-corrected chi connectivity index (χ2v) is 0. The molecule has 1 radical (unpaired) electrons. The van der Waals surface area contributed by atoms with Crippen LogP contribution in [0.2, 0.25) is 0 Å². The molecule has 4 heavy (non-hydrogen) atoms. The van der Waals surface area contributed by atoms with Crippen molar-refractivity contribution in [2.75, 3.05) is 0 Å². The Morgan fingerprint density at radius 3 is 0.500 bits per heavy atom. The van der Waals surface area contributed by atoms with Crippen molar-refractivity contribution in [3.63, 3.8) is 0 Å². The van der Waals surface area contributed by atoms with Crippen LogP contribution in [0, 0.1) is 0 Å². The van der Waals surface area contributed by atoms with Crippen molar-refractivity contribution in [2.24, 2.45) is 0 Å². The molecule has 0 spiro atoms. The molecule has 0 rings (SSSR count). The van der Waals surface area contributed by atoms with Gasteiger partial charge in [0.15, 0.2) is 52.1 Å². The predicted octanol–water partition coefficient (Wildman–Crippen LogP) is -3.55. The summed E-state index contributed by atoms with van der Waals surface area (Å²) in [6.07, 6.45) is 0. The van der Waals surface area contributed by atoms with Gasteiger partial charge in [-0.1, -0.05) is 0 Å². The van der Waals surface area contributed by atoms with Gasteiger partial charge < -0.3 is 0 Å². The molecule has 0 N–H and O–H groups in total. The Morgan fingerprint density at radius 1 is 0.500 bits per heavy atom. The third kappa shape index (κ3) is 8.93. The Labute approximate surface area is 68.6 Å². The maximum atomic E-state index is 0. The zero-order valence-electron chi connectivity index (χ0n) is 0.378. The first-order valence-corrected chi connectivity index (χ1v) is 0. The molecule has 0 heterocycles. The van der Waals surface area contributed by atoms with Gasteiger partial charge in [-0.15, -0.1) is 0 Å². The summed E-state index contributed by atoms with van der Waals surface area (Å²) in [5, 5.41) is 0. The Kier molecular flexibility index (Phi) is 173. The second kappa shape index (κ2) is 19.4. The molecular weight excluding hydrogens is 136 g/mol. The van der Waals surface area contributed by atoms with E-state index in [1.54, 1.807) is 0 Å². The van der Waals surface area contributed by atoms with Crippen LogP contribution in [0.15, 0.2) is 0 Å². The minimum absolute atomic E-state index is 0. The summed E-state index contributed by atoms with van der Waals surface area (Å²) >= 11 is 0. The fourth-order valence-corrected chi connectivity index (χ4v) is 0. The van der Waals surface area contributed by atoms with E-state index in [1.165, 1.54) is 0 Å². The largest absolute Gasteiger partial charge is 0.187 e. The quantitative estimate of drug-likeness (QED) is 0.309. The van der Waals surface area contributed by atoms with Crippen LogP contribution >= 0.6 is 0 Å². The van der Waals surface area contributed by atoms with E-state index in [0.29, 0.717) is 0 Å². The van der Waals surface area contributed by atoms with E-state index in [4.69, 9.17) is 0 Å². The fourth-order valence-electron chi connectivity index (χ4n) is 0. The molecule has 0 nitrogen and oxygen atoms in total. The third-order valence-electron chi connectivity index (χ3n) is 0. The SMILES string of the molecule is [AlH3].[AlH3].[AlH3].[Mn]. The molecule has 0 aliphatic carbocycles. The molecule has 0 unspecified atom stereocenters. The van der Waals surface area contributed by atoms with E-state index in [0.717, 1.165) is 0 Å². The summed E-state index contributed by atoms with van der Waals surface area (Å²) in [6, 6.07) is 0. The van der Waals surface area contributed by atoms with E-state index < -0.39 is 0 Å². The van der Waals surface area contributed by atoms with Gasteiger partial charge in [-0.05, 0) is 0 Å². The maximum absolute atomic E-state index is 0. The molecule has 0 aromatic carbocycles. The van der Waals surface area contributed by atoms with Gasteiger partial charge in [0.25, 0.3) is 0 Å². The summed E-state index contributed by atoms with van der Waals surface area (Å²) in [7, 11) is 0. The summed E-state index contributed by atoms with van der Waals surface area (Å²) in [5.41, 5.74) is 0. The first-order chi connectivity index (χ1) is 0. The standard InChI is InChI=1S/3Al.Mn.9H. The van der Waals surface area contributed by atoms with Gasteiger partial charge in [-0.25, -0.2) is 0 Å². The van der Waals surface area contributed by atoms with Gasteiger partial charge >= 0.3 is 0 Å². The summed E-state index contributed by atoms with van der Waals surface area (Å²) in [6.45, 7) is 0. The normalized spacial score (nSPS) is 0. The molecule has 4 heteroatoms. The van der Waals surface area contributed by atoms with E-state index in [1.807, 2.05) is 0 Å². The van der Waals surface area contributed by atoms with Crippen LogP contribution in [0.5, 0.6) is 0 Å². The molecular formula is H9Al3Mn. The zero-order valence-corrected chi connectivity index (χ0v) is 1.56. The molecule has 0 aromatic heterocycles. The van der Waals surface area contributed by atoms with E-state index in [-0.39, 0.29) is 69.2 Å². The van der Waals surface area contributed by atoms with Gasteiger partial charge in [0.05, 0.1) is 0 Å². The van der Waals surface area contributed by atoms with E-state index >= 15 is 0 Å². The minimum atomic E-state index is 0. The van der Waals surface area contributed by atoms with Crippen LogP contribution < -0.4 is 0 Å². The average molecular weight is 145 g/mol. The summed E-state index contributed by atoms with van der Waals surface area (Å²) in [5.74, 6) is 0. The molecule has 0 atom stereocenters. The van der Waals surface area contributed by atoms with Gasteiger partial charge in [0.1, 0.15) is 0 Å². The maximum Gasteiger partial charge on any atom is 0.187 e. The van der Waals surface area contributed by atoms with Crippen molar-refractivity contribution < 1.29 is 17.1 Å². The number of hydrogen-bond donors (Lipinski definition) is 0. The zero-order chi connectivity index (χ0) is 0. The predicted molar refractivity (Wildman–Crippen MR) is 29.8 cm³/mol. The first-order valence-electron chi connectivity index (χ1n) is 0. The monoisotopic (exact) mass is 145 g/mol. The van der Waals surface area contributed by atoms with Crippen LogP contribution in [-0.4, -0.2) is 52.1 Å². The average Bonchev–Trinajstić information content (AvgIpc) is 0. The minimum Gasteiger partial charge on any atom is 0 e. The molecule has 0 saturated carbocycles. The Hall–Kier alpha value is 2.12. The number of hydrogen-bond acceptors (Lipinski definition) is 0. The molecule has 0 aliphatic heterocycles. The van der Waals surface area contributed by atoms with E-state index in [9.17, 15) is 0 Å². The van der Waals surface area contributed by atoms with Gasteiger partial charge in [-0.2, -0.15) is 0 Å². The summed E-state index contributed by atoms with van der Waals surface area (Å²) in [4.78, 5) is 0. The van der Waals surface area contributed by atoms with Crippen LogP contribution in [0.25, 0.3) is 0 Å². The topological polar surface area (TPSA) is 0 Å². The number of rotatable bonds is 0. The summed E-state index contributed by atoms with van der Waals surface area (Å²) < 4.78 is 0. The second-order valence-electron chi connectivity index (χ2n) is 0. The molecule has 0 bridgehead atoms. The Morgan fingerprint density at radius 2 is 0.500 bits per heavy atom. The van der Waals surface area contributed by atoms with Crippen LogP contribution in [0.3, 0.4) is 0 Å².